The SMILES string of the molecule is COc1cccc(CNC[C@@H](O)c2ccccc2)c1OCc1ccccc1C. The molecule has 0 saturated heterocycles. The predicted molar refractivity (Wildman–Crippen MR) is 112 cm³/mol. The molecule has 146 valence electrons. The molecular formula is C24H27NO3. The normalized spacial score (nSPS) is 11.8. The zero-order chi connectivity index (χ0) is 19.8. The van der Waals surface area contributed by atoms with E-state index >= 15 is 0 Å². The van der Waals surface area contributed by atoms with Gasteiger partial charge in [0.15, 0.2) is 11.5 Å². The highest BCUT2D eigenvalue weighted by Gasteiger charge is 2.13. The van der Waals surface area contributed by atoms with Crippen LogP contribution < -0.4 is 14.8 Å². The molecule has 2 N–H and O–H groups in total. The van der Waals surface area contributed by atoms with Crippen molar-refractivity contribution in [3.63, 3.8) is 0 Å². The van der Waals surface area contributed by atoms with Gasteiger partial charge >= 0.3 is 0 Å². The van der Waals surface area contributed by atoms with Crippen LogP contribution in [-0.2, 0) is 13.2 Å². The van der Waals surface area contributed by atoms with E-state index in [0.717, 1.165) is 22.4 Å². The van der Waals surface area contributed by atoms with E-state index in [2.05, 4.69) is 24.4 Å². The van der Waals surface area contributed by atoms with Crippen molar-refractivity contribution >= 4 is 0 Å². The number of para-hydroxylation sites is 1. The lowest BCUT2D eigenvalue weighted by atomic mass is 10.1. The van der Waals surface area contributed by atoms with E-state index in [-0.39, 0.29) is 0 Å². The summed E-state index contributed by atoms with van der Waals surface area (Å²) in [6, 6.07) is 23.7. The Balaban J connectivity index is 1.66. The lowest BCUT2D eigenvalue weighted by molar-refractivity contribution is 0.174. The molecule has 0 aromatic heterocycles. The summed E-state index contributed by atoms with van der Waals surface area (Å²) in [5.74, 6) is 1.44. The first-order chi connectivity index (χ1) is 13.7. The molecule has 3 aromatic carbocycles. The number of rotatable bonds is 9. The summed E-state index contributed by atoms with van der Waals surface area (Å²) in [5, 5.41) is 13.6. The molecule has 0 fully saturated rings. The van der Waals surface area contributed by atoms with Gasteiger partial charge < -0.3 is 19.9 Å². The first-order valence-electron chi connectivity index (χ1n) is 9.46. The molecule has 0 aliphatic rings. The van der Waals surface area contributed by atoms with Crippen molar-refractivity contribution in [2.24, 2.45) is 0 Å². The van der Waals surface area contributed by atoms with Crippen molar-refractivity contribution in [2.45, 2.75) is 26.2 Å². The Kier molecular flexibility index (Phi) is 7.06. The molecule has 4 nitrogen and oxygen atoms in total. The first kappa shape index (κ1) is 19.9. The molecule has 0 unspecified atom stereocenters. The van der Waals surface area contributed by atoms with Gasteiger partial charge in [-0.3, -0.25) is 0 Å². The van der Waals surface area contributed by atoms with Gasteiger partial charge in [0, 0.05) is 18.7 Å². The van der Waals surface area contributed by atoms with Gasteiger partial charge in [0.25, 0.3) is 0 Å². The molecule has 0 aliphatic carbocycles. The minimum Gasteiger partial charge on any atom is -0.493 e. The van der Waals surface area contributed by atoms with Crippen LogP contribution in [0.4, 0.5) is 0 Å². The summed E-state index contributed by atoms with van der Waals surface area (Å²) >= 11 is 0. The molecule has 28 heavy (non-hydrogen) atoms. The van der Waals surface area contributed by atoms with Gasteiger partial charge in [-0.05, 0) is 29.7 Å². The minimum atomic E-state index is -0.553. The van der Waals surface area contributed by atoms with Gasteiger partial charge in [0.05, 0.1) is 13.2 Å². The number of nitrogens with one attached hydrogen (secondary N) is 1. The number of benzene rings is 3. The van der Waals surface area contributed by atoms with E-state index in [1.807, 2.05) is 60.7 Å². The second-order valence-electron chi connectivity index (χ2n) is 6.72. The Morgan fingerprint density at radius 3 is 2.36 bits per heavy atom. The Morgan fingerprint density at radius 1 is 0.893 bits per heavy atom. The number of aliphatic hydroxyl groups is 1. The molecule has 1 atom stereocenters. The molecule has 0 bridgehead atoms. The fraction of sp³-hybridized carbons (Fsp3) is 0.250. The second-order valence-corrected chi connectivity index (χ2v) is 6.72. The topological polar surface area (TPSA) is 50.7 Å². The number of methoxy groups -OCH3 is 1. The molecule has 3 aromatic rings. The van der Waals surface area contributed by atoms with Gasteiger partial charge in [0.1, 0.15) is 6.61 Å². The van der Waals surface area contributed by atoms with E-state index in [1.54, 1.807) is 7.11 Å². The summed E-state index contributed by atoms with van der Waals surface area (Å²) in [4.78, 5) is 0. The third-order valence-electron chi connectivity index (χ3n) is 4.75. The monoisotopic (exact) mass is 377 g/mol. The van der Waals surface area contributed by atoms with Crippen molar-refractivity contribution < 1.29 is 14.6 Å². The fourth-order valence-corrected chi connectivity index (χ4v) is 3.08. The molecule has 0 heterocycles. The van der Waals surface area contributed by atoms with Crippen LogP contribution in [-0.4, -0.2) is 18.8 Å². The van der Waals surface area contributed by atoms with Crippen LogP contribution in [0.15, 0.2) is 72.8 Å². The second kappa shape index (κ2) is 9.93. The van der Waals surface area contributed by atoms with Crippen LogP contribution in [0, 0.1) is 6.92 Å². The number of aliphatic hydroxyl groups excluding tert-OH is 1. The average Bonchev–Trinajstić information content (AvgIpc) is 2.74. The van der Waals surface area contributed by atoms with Crippen molar-refractivity contribution in [1.82, 2.24) is 5.32 Å². The largest absolute Gasteiger partial charge is 0.493 e. The summed E-state index contributed by atoms with van der Waals surface area (Å²) < 4.78 is 11.6. The van der Waals surface area contributed by atoms with Crippen LogP contribution in [0.5, 0.6) is 11.5 Å². The average molecular weight is 377 g/mol. The van der Waals surface area contributed by atoms with Gasteiger partial charge in [-0.15, -0.1) is 0 Å². The molecule has 0 aliphatic heterocycles. The van der Waals surface area contributed by atoms with Crippen molar-refractivity contribution in [3.05, 3.63) is 95.1 Å². The van der Waals surface area contributed by atoms with E-state index < -0.39 is 6.10 Å². The van der Waals surface area contributed by atoms with Crippen LogP contribution in [0.3, 0.4) is 0 Å². The third kappa shape index (κ3) is 5.12. The van der Waals surface area contributed by atoms with Crippen molar-refractivity contribution in [1.29, 1.82) is 0 Å². The first-order valence-corrected chi connectivity index (χ1v) is 9.46. The van der Waals surface area contributed by atoms with Crippen molar-refractivity contribution in [2.75, 3.05) is 13.7 Å². The molecular weight excluding hydrogens is 350 g/mol. The Labute approximate surface area is 166 Å². The number of hydrogen-bond acceptors (Lipinski definition) is 4. The number of ether oxygens (including phenoxy) is 2. The predicted octanol–water partition coefficient (Wildman–Crippen LogP) is 4.41. The molecule has 3 rings (SSSR count). The zero-order valence-electron chi connectivity index (χ0n) is 16.4. The lowest BCUT2D eigenvalue weighted by Crippen LogP contribution is -2.21. The number of aryl methyl sites for hydroxylation is 1. The summed E-state index contributed by atoms with van der Waals surface area (Å²) in [7, 11) is 1.65. The quantitative estimate of drug-likeness (QED) is 0.580. The van der Waals surface area contributed by atoms with E-state index in [4.69, 9.17) is 9.47 Å². The maximum absolute atomic E-state index is 10.3. The van der Waals surface area contributed by atoms with Gasteiger partial charge in [0.2, 0.25) is 0 Å². The van der Waals surface area contributed by atoms with Crippen LogP contribution in [0.25, 0.3) is 0 Å². The molecule has 0 radical (unpaired) electrons. The van der Waals surface area contributed by atoms with Crippen molar-refractivity contribution in [3.8, 4) is 11.5 Å². The van der Waals surface area contributed by atoms with Crippen LogP contribution in [0.2, 0.25) is 0 Å². The van der Waals surface area contributed by atoms with Gasteiger partial charge in [-0.25, -0.2) is 0 Å². The summed E-state index contributed by atoms with van der Waals surface area (Å²) in [5.41, 5.74) is 4.24. The number of hydrogen-bond donors (Lipinski definition) is 2. The highest BCUT2D eigenvalue weighted by molar-refractivity contribution is 5.47. The zero-order valence-corrected chi connectivity index (χ0v) is 16.4. The highest BCUT2D eigenvalue weighted by Crippen LogP contribution is 2.32. The van der Waals surface area contributed by atoms with Gasteiger partial charge in [-0.1, -0.05) is 66.7 Å². The maximum Gasteiger partial charge on any atom is 0.166 e. The smallest absolute Gasteiger partial charge is 0.166 e. The van der Waals surface area contributed by atoms with E-state index in [1.165, 1.54) is 5.56 Å². The fourth-order valence-electron chi connectivity index (χ4n) is 3.08. The molecule has 0 saturated carbocycles. The lowest BCUT2D eigenvalue weighted by Gasteiger charge is -2.17. The summed E-state index contributed by atoms with van der Waals surface area (Å²) in [6.07, 6.45) is -0.553. The molecule has 0 amide bonds. The third-order valence-corrected chi connectivity index (χ3v) is 4.75. The molecule has 0 spiro atoms. The Bertz CT molecular complexity index is 880. The van der Waals surface area contributed by atoms with Gasteiger partial charge in [-0.2, -0.15) is 0 Å². The standard InChI is InChI=1S/C24H27NO3/c1-18-9-6-7-12-21(18)17-28-24-20(13-8-14-23(24)27-2)15-25-16-22(26)19-10-4-3-5-11-19/h3-14,22,25-26H,15-17H2,1-2H3/t22-/m1/s1. The van der Waals surface area contributed by atoms with E-state index in [9.17, 15) is 5.11 Å². The van der Waals surface area contributed by atoms with Crippen LogP contribution >= 0.6 is 0 Å². The minimum absolute atomic E-state index is 0.457. The summed E-state index contributed by atoms with van der Waals surface area (Å²) in [6.45, 7) is 3.59. The molecule has 4 heteroatoms. The Hall–Kier alpha value is -2.82. The maximum atomic E-state index is 10.3. The van der Waals surface area contributed by atoms with E-state index in [0.29, 0.717) is 25.4 Å². The highest BCUT2D eigenvalue weighted by atomic mass is 16.5. The van der Waals surface area contributed by atoms with Crippen LogP contribution in [0.1, 0.15) is 28.4 Å². The Morgan fingerprint density at radius 2 is 1.61 bits per heavy atom.